The SMILES string of the molecule is COc1cncc(N(CCBr)CC(F)F)n1. The van der Waals surface area contributed by atoms with E-state index >= 15 is 0 Å². The molecule has 0 saturated heterocycles. The summed E-state index contributed by atoms with van der Waals surface area (Å²) in [6.45, 7) is 0.0691. The van der Waals surface area contributed by atoms with E-state index in [2.05, 4.69) is 25.9 Å². The normalized spacial score (nSPS) is 10.6. The molecule has 0 aromatic carbocycles. The molecule has 0 saturated carbocycles. The van der Waals surface area contributed by atoms with Crippen LogP contribution in [0.25, 0.3) is 0 Å². The van der Waals surface area contributed by atoms with Crippen LogP contribution in [0.1, 0.15) is 0 Å². The highest BCUT2D eigenvalue weighted by Crippen LogP contribution is 2.15. The van der Waals surface area contributed by atoms with Crippen LogP contribution >= 0.6 is 15.9 Å². The lowest BCUT2D eigenvalue weighted by Gasteiger charge is -2.21. The molecule has 0 amide bonds. The molecule has 1 heterocycles. The molecule has 1 rings (SSSR count). The molecule has 0 N–H and O–H groups in total. The lowest BCUT2D eigenvalue weighted by molar-refractivity contribution is 0.155. The molecule has 0 unspecified atom stereocenters. The van der Waals surface area contributed by atoms with Gasteiger partial charge in [0, 0.05) is 11.9 Å². The third-order valence-electron chi connectivity index (χ3n) is 1.85. The molecule has 0 fully saturated rings. The van der Waals surface area contributed by atoms with Gasteiger partial charge in [-0.2, -0.15) is 4.98 Å². The number of halogens is 3. The Morgan fingerprint density at radius 2 is 2.25 bits per heavy atom. The van der Waals surface area contributed by atoms with Crippen LogP contribution in [0.4, 0.5) is 14.6 Å². The molecule has 1 aromatic heterocycles. The largest absolute Gasteiger partial charge is 0.480 e. The van der Waals surface area contributed by atoms with Gasteiger partial charge in [-0.15, -0.1) is 0 Å². The fourth-order valence-electron chi connectivity index (χ4n) is 1.16. The van der Waals surface area contributed by atoms with Gasteiger partial charge in [-0.1, -0.05) is 15.9 Å². The summed E-state index contributed by atoms with van der Waals surface area (Å²) in [5.41, 5.74) is 0. The second-order valence-electron chi connectivity index (χ2n) is 2.95. The van der Waals surface area contributed by atoms with Crippen LogP contribution in [0.2, 0.25) is 0 Å². The van der Waals surface area contributed by atoms with Gasteiger partial charge in [-0.25, -0.2) is 8.78 Å². The van der Waals surface area contributed by atoms with E-state index in [4.69, 9.17) is 4.74 Å². The molecule has 4 nitrogen and oxygen atoms in total. The number of methoxy groups -OCH3 is 1. The van der Waals surface area contributed by atoms with Crippen LogP contribution < -0.4 is 9.64 Å². The predicted molar refractivity (Wildman–Crippen MR) is 60.6 cm³/mol. The Labute approximate surface area is 101 Å². The topological polar surface area (TPSA) is 38.2 Å². The standard InChI is InChI=1S/C9H12BrF2N3O/c1-16-9-5-13-4-8(14-9)15(3-2-10)6-7(11)12/h4-5,7H,2-3,6H2,1H3. The maximum Gasteiger partial charge on any atom is 0.255 e. The Kier molecular flexibility index (Phi) is 5.37. The molecule has 0 spiro atoms. The Hall–Kier alpha value is -0.980. The molecule has 90 valence electrons. The first kappa shape index (κ1) is 13.1. The lowest BCUT2D eigenvalue weighted by atomic mass is 10.4. The fourth-order valence-corrected chi connectivity index (χ4v) is 1.59. The summed E-state index contributed by atoms with van der Waals surface area (Å²) in [5.74, 6) is 0.699. The minimum absolute atomic E-state index is 0.311. The first-order valence-corrected chi connectivity index (χ1v) is 5.74. The third-order valence-corrected chi connectivity index (χ3v) is 2.20. The molecule has 16 heavy (non-hydrogen) atoms. The van der Waals surface area contributed by atoms with Crippen molar-refractivity contribution in [2.24, 2.45) is 0 Å². The van der Waals surface area contributed by atoms with Gasteiger partial charge in [-0.3, -0.25) is 4.98 Å². The van der Waals surface area contributed by atoms with E-state index in [1.165, 1.54) is 24.4 Å². The number of hydrogen-bond acceptors (Lipinski definition) is 4. The van der Waals surface area contributed by atoms with Crippen molar-refractivity contribution in [1.82, 2.24) is 9.97 Å². The van der Waals surface area contributed by atoms with Gasteiger partial charge in [0.05, 0.1) is 26.0 Å². The molecule has 0 atom stereocenters. The van der Waals surface area contributed by atoms with Crippen molar-refractivity contribution in [2.45, 2.75) is 6.43 Å². The number of anilines is 1. The van der Waals surface area contributed by atoms with Gasteiger partial charge < -0.3 is 9.64 Å². The quantitative estimate of drug-likeness (QED) is 0.752. The Bertz CT molecular complexity index is 327. The highest BCUT2D eigenvalue weighted by atomic mass is 79.9. The van der Waals surface area contributed by atoms with Crippen molar-refractivity contribution < 1.29 is 13.5 Å². The van der Waals surface area contributed by atoms with Crippen LogP contribution in [0.5, 0.6) is 5.88 Å². The Morgan fingerprint density at radius 3 is 2.81 bits per heavy atom. The zero-order valence-corrected chi connectivity index (χ0v) is 10.3. The molecule has 1 aromatic rings. The molecule has 0 aliphatic carbocycles. The van der Waals surface area contributed by atoms with Crippen LogP contribution in [0.3, 0.4) is 0 Å². The average molecular weight is 296 g/mol. The summed E-state index contributed by atoms with van der Waals surface area (Å²) in [6, 6.07) is 0. The van der Waals surface area contributed by atoms with Crippen molar-refractivity contribution in [1.29, 1.82) is 0 Å². The summed E-state index contributed by atoms with van der Waals surface area (Å²) in [4.78, 5) is 9.38. The van der Waals surface area contributed by atoms with Gasteiger partial charge in [0.15, 0.2) is 5.82 Å². The van der Waals surface area contributed by atoms with Crippen LogP contribution in [-0.4, -0.2) is 41.9 Å². The van der Waals surface area contributed by atoms with Gasteiger partial charge >= 0.3 is 0 Å². The van der Waals surface area contributed by atoms with Gasteiger partial charge in [0.2, 0.25) is 5.88 Å². The number of hydrogen-bond donors (Lipinski definition) is 0. The van der Waals surface area contributed by atoms with E-state index in [1.807, 2.05) is 0 Å². The van der Waals surface area contributed by atoms with E-state index in [0.717, 1.165) is 0 Å². The van der Waals surface area contributed by atoms with Gasteiger partial charge in [-0.05, 0) is 0 Å². The number of nitrogens with zero attached hydrogens (tertiary/aromatic N) is 3. The summed E-state index contributed by atoms with van der Waals surface area (Å²) < 4.78 is 29.6. The molecule has 0 bridgehead atoms. The highest BCUT2D eigenvalue weighted by Gasteiger charge is 2.14. The molecular weight excluding hydrogens is 284 g/mol. The Morgan fingerprint density at radius 1 is 1.50 bits per heavy atom. The minimum Gasteiger partial charge on any atom is -0.480 e. The van der Waals surface area contributed by atoms with Crippen molar-refractivity contribution in [3.8, 4) is 5.88 Å². The smallest absolute Gasteiger partial charge is 0.255 e. The average Bonchev–Trinajstić information content (AvgIpc) is 2.28. The first-order valence-electron chi connectivity index (χ1n) is 4.62. The van der Waals surface area contributed by atoms with Gasteiger partial charge in [0.25, 0.3) is 6.43 Å². The molecule has 7 heteroatoms. The molecular formula is C9H12BrF2N3O. The van der Waals surface area contributed by atoms with Crippen molar-refractivity contribution in [2.75, 3.05) is 30.4 Å². The van der Waals surface area contributed by atoms with Crippen LogP contribution in [0.15, 0.2) is 12.4 Å². The van der Waals surface area contributed by atoms with E-state index in [0.29, 0.717) is 23.6 Å². The fraction of sp³-hybridized carbons (Fsp3) is 0.556. The van der Waals surface area contributed by atoms with Crippen molar-refractivity contribution in [3.05, 3.63) is 12.4 Å². The monoisotopic (exact) mass is 295 g/mol. The maximum atomic E-state index is 12.3. The summed E-state index contributed by atoms with van der Waals surface area (Å²) >= 11 is 3.21. The zero-order chi connectivity index (χ0) is 12.0. The Balaban J connectivity index is 2.82. The predicted octanol–water partition coefficient (Wildman–Crippen LogP) is 1.95. The number of rotatable bonds is 6. The maximum absolute atomic E-state index is 12.3. The highest BCUT2D eigenvalue weighted by molar-refractivity contribution is 9.09. The number of alkyl halides is 3. The van der Waals surface area contributed by atoms with Crippen molar-refractivity contribution in [3.63, 3.8) is 0 Å². The van der Waals surface area contributed by atoms with E-state index < -0.39 is 6.43 Å². The molecule has 0 aliphatic heterocycles. The second-order valence-corrected chi connectivity index (χ2v) is 3.74. The number of aromatic nitrogens is 2. The van der Waals surface area contributed by atoms with E-state index in [1.54, 1.807) is 0 Å². The second kappa shape index (κ2) is 6.57. The van der Waals surface area contributed by atoms with Crippen molar-refractivity contribution >= 4 is 21.7 Å². The first-order chi connectivity index (χ1) is 7.67. The zero-order valence-electron chi connectivity index (χ0n) is 8.74. The number of ether oxygens (including phenoxy) is 1. The summed E-state index contributed by atoms with van der Waals surface area (Å²) in [7, 11) is 1.45. The van der Waals surface area contributed by atoms with Gasteiger partial charge in [0.1, 0.15) is 0 Å². The summed E-state index contributed by atoms with van der Waals surface area (Å²) in [6.07, 6.45) is 0.457. The minimum atomic E-state index is -2.41. The van der Waals surface area contributed by atoms with Crippen LogP contribution in [-0.2, 0) is 0 Å². The van der Waals surface area contributed by atoms with E-state index in [9.17, 15) is 8.78 Å². The molecule has 0 radical (unpaired) electrons. The van der Waals surface area contributed by atoms with Crippen LogP contribution in [0, 0.1) is 0 Å². The lowest BCUT2D eigenvalue weighted by Crippen LogP contribution is -2.31. The van der Waals surface area contributed by atoms with E-state index in [-0.39, 0.29) is 6.54 Å². The summed E-state index contributed by atoms with van der Waals surface area (Å²) in [5, 5.41) is 0.582. The molecule has 0 aliphatic rings. The third kappa shape index (κ3) is 3.88.